The summed E-state index contributed by atoms with van der Waals surface area (Å²) in [6.07, 6.45) is 0.725. The van der Waals surface area contributed by atoms with Crippen LogP contribution in [-0.4, -0.2) is 14.0 Å². The Bertz CT molecular complexity index is 542. The van der Waals surface area contributed by atoms with Crippen molar-refractivity contribution in [1.29, 1.82) is 0 Å². The standard InChI is InChI=1S/C15H24FNO2S/c1-14(2,3)11-15(4,5)17-20(18,19)10-12-6-8-13(16)9-7-12/h6-9,17H,10-11H2,1-5H3. The van der Waals surface area contributed by atoms with E-state index in [1.54, 1.807) is 0 Å². The first kappa shape index (κ1) is 17.1. The molecule has 0 aliphatic heterocycles. The zero-order valence-corrected chi connectivity index (χ0v) is 13.6. The van der Waals surface area contributed by atoms with E-state index in [2.05, 4.69) is 25.5 Å². The van der Waals surface area contributed by atoms with Crippen molar-refractivity contribution >= 4 is 10.0 Å². The van der Waals surface area contributed by atoms with Crippen molar-refractivity contribution < 1.29 is 12.8 Å². The zero-order chi connectivity index (χ0) is 15.6. The van der Waals surface area contributed by atoms with E-state index in [9.17, 15) is 12.8 Å². The molecule has 0 heterocycles. The molecule has 114 valence electrons. The molecule has 0 fully saturated rings. The molecule has 0 saturated carbocycles. The van der Waals surface area contributed by atoms with Crippen LogP contribution in [0.2, 0.25) is 0 Å². The van der Waals surface area contributed by atoms with Crippen LogP contribution in [0.1, 0.15) is 46.6 Å². The molecular weight excluding hydrogens is 277 g/mol. The Labute approximate surface area is 121 Å². The van der Waals surface area contributed by atoms with Crippen LogP contribution in [-0.2, 0) is 15.8 Å². The highest BCUT2D eigenvalue weighted by Crippen LogP contribution is 2.27. The normalized spacial score (nSPS) is 13.5. The van der Waals surface area contributed by atoms with E-state index in [4.69, 9.17) is 0 Å². The van der Waals surface area contributed by atoms with Crippen molar-refractivity contribution in [3.8, 4) is 0 Å². The largest absolute Gasteiger partial charge is 0.216 e. The Hall–Kier alpha value is -0.940. The molecule has 3 nitrogen and oxygen atoms in total. The maximum absolute atomic E-state index is 12.8. The SMILES string of the molecule is CC(C)(C)CC(C)(C)NS(=O)(=O)Cc1ccc(F)cc1. The highest BCUT2D eigenvalue weighted by Gasteiger charge is 2.29. The fourth-order valence-corrected chi connectivity index (χ4v) is 4.24. The third-order valence-electron chi connectivity index (χ3n) is 2.67. The van der Waals surface area contributed by atoms with Crippen molar-refractivity contribution in [3.05, 3.63) is 35.6 Å². The fraction of sp³-hybridized carbons (Fsp3) is 0.600. The van der Waals surface area contributed by atoms with Gasteiger partial charge in [0.25, 0.3) is 0 Å². The van der Waals surface area contributed by atoms with Gasteiger partial charge in [0, 0.05) is 5.54 Å². The van der Waals surface area contributed by atoms with Crippen LogP contribution >= 0.6 is 0 Å². The van der Waals surface area contributed by atoms with Crippen molar-refractivity contribution in [2.45, 2.75) is 52.3 Å². The van der Waals surface area contributed by atoms with Gasteiger partial charge >= 0.3 is 0 Å². The van der Waals surface area contributed by atoms with Gasteiger partial charge in [-0.3, -0.25) is 0 Å². The fourth-order valence-electron chi connectivity index (χ4n) is 2.62. The minimum absolute atomic E-state index is 0.0297. The topological polar surface area (TPSA) is 46.2 Å². The van der Waals surface area contributed by atoms with E-state index in [0.717, 1.165) is 6.42 Å². The van der Waals surface area contributed by atoms with Crippen LogP contribution in [0.3, 0.4) is 0 Å². The Morgan fingerprint density at radius 2 is 1.55 bits per heavy atom. The number of benzene rings is 1. The summed E-state index contributed by atoms with van der Waals surface area (Å²) in [5.74, 6) is -0.506. The smallest absolute Gasteiger partial charge is 0.212 e. The lowest BCUT2D eigenvalue weighted by molar-refractivity contribution is 0.269. The van der Waals surface area contributed by atoms with E-state index in [1.807, 2.05) is 13.8 Å². The van der Waals surface area contributed by atoms with E-state index < -0.39 is 15.6 Å². The summed E-state index contributed by atoms with van der Waals surface area (Å²) < 4.78 is 39.9. The number of nitrogens with one attached hydrogen (secondary N) is 1. The second-order valence-electron chi connectivity index (χ2n) is 7.11. The van der Waals surface area contributed by atoms with Crippen LogP contribution in [0.4, 0.5) is 4.39 Å². The molecule has 5 heteroatoms. The number of hydrogen-bond acceptors (Lipinski definition) is 2. The lowest BCUT2D eigenvalue weighted by atomic mass is 9.82. The molecule has 0 radical (unpaired) electrons. The van der Waals surface area contributed by atoms with E-state index in [0.29, 0.717) is 5.56 Å². The Kier molecular flexibility index (Phi) is 4.98. The first-order chi connectivity index (χ1) is 8.89. The summed E-state index contributed by atoms with van der Waals surface area (Å²) in [4.78, 5) is 0. The maximum atomic E-state index is 12.8. The van der Waals surface area contributed by atoms with Crippen LogP contribution in [0.15, 0.2) is 24.3 Å². The van der Waals surface area contributed by atoms with Gasteiger partial charge in [0.2, 0.25) is 10.0 Å². The van der Waals surface area contributed by atoms with Crippen LogP contribution in [0.5, 0.6) is 0 Å². The Morgan fingerprint density at radius 3 is 2.00 bits per heavy atom. The highest BCUT2D eigenvalue weighted by molar-refractivity contribution is 7.88. The van der Waals surface area contributed by atoms with E-state index in [1.165, 1.54) is 24.3 Å². The third kappa shape index (κ3) is 6.48. The molecule has 1 aromatic carbocycles. The Balaban J connectivity index is 2.77. The first-order valence-corrected chi connectivity index (χ1v) is 8.30. The molecule has 1 aromatic rings. The monoisotopic (exact) mass is 301 g/mol. The van der Waals surface area contributed by atoms with Gasteiger partial charge < -0.3 is 0 Å². The molecule has 0 bridgehead atoms. The number of hydrogen-bond donors (Lipinski definition) is 1. The predicted molar refractivity (Wildman–Crippen MR) is 80.3 cm³/mol. The molecule has 1 N–H and O–H groups in total. The van der Waals surface area contributed by atoms with Gasteiger partial charge in [-0.1, -0.05) is 32.9 Å². The van der Waals surface area contributed by atoms with Gasteiger partial charge in [0.1, 0.15) is 5.82 Å². The van der Waals surface area contributed by atoms with Crippen LogP contribution in [0, 0.1) is 11.2 Å². The first-order valence-electron chi connectivity index (χ1n) is 6.65. The van der Waals surface area contributed by atoms with Crippen LogP contribution < -0.4 is 4.72 Å². The second-order valence-corrected chi connectivity index (χ2v) is 8.83. The summed E-state index contributed by atoms with van der Waals surface area (Å²) in [6, 6.07) is 5.52. The zero-order valence-electron chi connectivity index (χ0n) is 12.8. The molecule has 0 aromatic heterocycles. The van der Waals surface area contributed by atoms with E-state index in [-0.39, 0.29) is 17.0 Å². The second kappa shape index (κ2) is 5.82. The number of halogens is 1. The average Bonchev–Trinajstić information content (AvgIpc) is 2.15. The van der Waals surface area contributed by atoms with Gasteiger partial charge in [0.15, 0.2) is 0 Å². The average molecular weight is 301 g/mol. The lowest BCUT2D eigenvalue weighted by Crippen LogP contribution is -2.46. The van der Waals surface area contributed by atoms with Gasteiger partial charge in [-0.05, 0) is 43.4 Å². The minimum Gasteiger partial charge on any atom is -0.212 e. The van der Waals surface area contributed by atoms with Gasteiger partial charge in [-0.2, -0.15) is 0 Å². The maximum Gasteiger partial charge on any atom is 0.216 e. The summed E-state index contributed by atoms with van der Waals surface area (Å²) >= 11 is 0. The summed E-state index contributed by atoms with van der Waals surface area (Å²) in [7, 11) is -3.45. The molecule has 0 unspecified atom stereocenters. The molecule has 1 rings (SSSR count). The molecule has 0 amide bonds. The molecular formula is C15H24FNO2S. The molecule has 0 atom stereocenters. The van der Waals surface area contributed by atoms with Crippen molar-refractivity contribution in [1.82, 2.24) is 4.72 Å². The van der Waals surface area contributed by atoms with Crippen molar-refractivity contribution in [3.63, 3.8) is 0 Å². The van der Waals surface area contributed by atoms with Gasteiger partial charge in [0.05, 0.1) is 5.75 Å². The third-order valence-corrected chi connectivity index (χ3v) is 4.25. The predicted octanol–water partition coefficient (Wildman–Crippen LogP) is 3.46. The van der Waals surface area contributed by atoms with Crippen LogP contribution in [0.25, 0.3) is 0 Å². The Morgan fingerprint density at radius 1 is 1.05 bits per heavy atom. The molecule has 0 spiro atoms. The molecule has 20 heavy (non-hydrogen) atoms. The number of sulfonamides is 1. The molecule has 0 saturated heterocycles. The summed E-state index contributed by atoms with van der Waals surface area (Å²) in [5, 5.41) is 0. The molecule has 0 aliphatic rings. The highest BCUT2D eigenvalue weighted by atomic mass is 32.2. The quantitative estimate of drug-likeness (QED) is 0.905. The number of rotatable bonds is 5. The summed E-state index contributed by atoms with van der Waals surface area (Å²) in [5.41, 5.74) is 0.0874. The summed E-state index contributed by atoms with van der Waals surface area (Å²) in [6.45, 7) is 9.97. The van der Waals surface area contributed by atoms with E-state index >= 15 is 0 Å². The molecule has 0 aliphatic carbocycles. The van der Waals surface area contributed by atoms with Crippen molar-refractivity contribution in [2.75, 3.05) is 0 Å². The van der Waals surface area contributed by atoms with Gasteiger partial charge in [-0.25, -0.2) is 17.5 Å². The van der Waals surface area contributed by atoms with Crippen molar-refractivity contribution in [2.24, 2.45) is 5.41 Å². The minimum atomic E-state index is -3.45. The van der Waals surface area contributed by atoms with Gasteiger partial charge in [-0.15, -0.1) is 0 Å². The lowest BCUT2D eigenvalue weighted by Gasteiger charge is -2.33.